The van der Waals surface area contributed by atoms with Crippen LogP contribution in [0.2, 0.25) is 0 Å². The molecular formula is C23H35N3O5. The summed E-state index contributed by atoms with van der Waals surface area (Å²) in [6.45, 7) is 9.00. The van der Waals surface area contributed by atoms with Gasteiger partial charge in [-0.2, -0.15) is 0 Å². The molecule has 2 amide bonds. The Bertz CT molecular complexity index is 730. The van der Waals surface area contributed by atoms with Crippen molar-refractivity contribution in [3.05, 3.63) is 29.8 Å². The van der Waals surface area contributed by atoms with Crippen molar-refractivity contribution in [1.82, 2.24) is 15.5 Å². The van der Waals surface area contributed by atoms with E-state index < -0.39 is 6.04 Å². The zero-order chi connectivity index (χ0) is 22.2. The largest absolute Gasteiger partial charge is 0.496 e. The zero-order valence-electron chi connectivity index (χ0n) is 18.8. The van der Waals surface area contributed by atoms with Gasteiger partial charge in [0.25, 0.3) is 5.91 Å². The predicted molar refractivity (Wildman–Crippen MR) is 117 cm³/mol. The molecule has 2 aliphatic heterocycles. The molecule has 3 unspecified atom stereocenters. The molecule has 2 aliphatic rings. The average molecular weight is 434 g/mol. The number of rotatable bonds is 9. The lowest BCUT2D eigenvalue weighted by atomic mass is 9.96. The highest BCUT2D eigenvalue weighted by Crippen LogP contribution is 2.22. The predicted octanol–water partition coefficient (Wildman–Crippen LogP) is 1.30. The topological polar surface area (TPSA) is 89.1 Å². The number of ether oxygens (including phenoxy) is 3. The lowest BCUT2D eigenvalue weighted by Gasteiger charge is -2.37. The highest BCUT2D eigenvalue weighted by Gasteiger charge is 2.33. The molecule has 2 saturated heterocycles. The van der Waals surface area contributed by atoms with Crippen LogP contribution in [0.4, 0.5) is 0 Å². The van der Waals surface area contributed by atoms with E-state index in [0.717, 1.165) is 32.7 Å². The molecule has 3 atom stereocenters. The molecule has 31 heavy (non-hydrogen) atoms. The molecule has 2 fully saturated rings. The average Bonchev–Trinajstić information content (AvgIpc) is 3.32. The molecule has 0 spiro atoms. The molecule has 172 valence electrons. The molecule has 3 rings (SSSR count). The Balaban J connectivity index is 1.64. The maximum atomic E-state index is 13.1. The van der Waals surface area contributed by atoms with E-state index in [9.17, 15) is 9.59 Å². The Labute approximate surface area is 184 Å². The fourth-order valence-corrected chi connectivity index (χ4v) is 4.26. The summed E-state index contributed by atoms with van der Waals surface area (Å²) in [6, 6.07) is 6.57. The number of nitrogens with zero attached hydrogens (tertiary/aromatic N) is 1. The number of morpholine rings is 1. The lowest BCUT2D eigenvalue weighted by molar-refractivity contribution is -0.124. The number of methoxy groups -OCH3 is 1. The normalized spacial score (nSPS) is 21.5. The lowest BCUT2D eigenvalue weighted by Crippen LogP contribution is -2.55. The maximum Gasteiger partial charge on any atom is 0.255 e. The van der Waals surface area contributed by atoms with Crippen molar-refractivity contribution in [3.8, 4) is 5.75 Å². The molecule has 1 aromatic carbocycles. The number of amides is 2. The highest BCUT2D eigenvalue weighted by molar-refractivity contribution is 5.99. The third-order valence-corrected chi connectivity index (χ3v) is 6.10. The Morgan fingerprint density at radius 3 is 2.55 bits per heavy atom. The van der Waals surface area contributed by atoms with Crippen LogP contribution in [0, 0.1) is 11.8 Å². The van der Waals surface area contributed by atoms with E-state index in [4.69, 9.17) is 14.2 Å². The van der Waals surface area contributed by atoms with Gasteiger partial charge in [0.2, 0.25) is 5.91 Å². The molecule has 2 N–H and O–H groups in total. The summed E-state index contributed by atoms with van der Waals surface area (Å²) >= 11 is 0. The van der Waals surface area contributed by atoms with Crippen LogP contribution in [-0.4, -0.2) is 82.0 Å². The number of hydrogen-bond donors (Lipinski definition) is 2. The molecule has 8 heteroatoms. The van der Waals surface area contributed by atoms with Gasteiger partial charge in [-0.05, 0) is 24.5 Å². The van der Waals surface area contributed by atoms with Crippen LogP contribution in [0.5, 0.6) is 5.75 Å². The van der Waals surface area contributed by atoms with Crippen molar-refractivity contribution in [3.63, 3.8) is 0 Å². The van der Waals surface area contributed by atoms with E-state index in [2.05, 4.69) is 15.5 Å². The van der Waals surface area contributed by atoms with Crippen molar-refractivity contribution in [2.24, 2.45) is 11.8 Å². The van der Waals surface area contributed by atoms with Gasteiger partial charge >= 0.3 is 0 Å². The minimum atomic E-state index is -0.637. The summed E-state index contributed by atoms with van der Waals surface area (Å²) in [6.07, 6.45) is 0.996. The van der Waals surface area contributed by atoms with Gasteiger partial charge in [0.05, 0.1) is 32.5 Å². The van der Waals surface area contributed by atoms with Gasteiger partial charge in [-0.15, -0.1) is 0 Å². The summed E-state index contributed by atoms with van der Waals surface area (Å²) in [4.78, 5) is 28.3. The third kappa shape index (κ3) is 6.18. The van der Waals surface area contributed by atoms with Crippen molar-refractivity contribution in [1.29, 1.82) is 0 Å². The molecule has 2 heterocycles. The summed E-state index contributed by atoms with van der Waals surface area (Å²) < 4.78 is 16.4. The summed E-state index contributed by atoms with van der Waals surface area (Å²) in [5.74, 6) is 0.321. The van der Waals surface area contributed by atoms with E-state index in [1.165, 1.54) is 7.11 Å². The summed E-state index contributed by atoms with van der Waals surface area (Å²) in [5.41, 5.74) is 0.415. The molecule has 8 nitrogen and oxygen atoms in total. The monoisotopic (exact) mass is 433 g/mol. The zero-order valence-corrected chi connectivity index (χ0v) is 18.8. The van der Waals surface area contributed by atoms with Crippen molar-refractivity contribution in [2.75, 3.05) is 53.2 Å². The fraction of sp³-hybridized carbons (Fsp3) is 0.652. The van der Waals surface area contributed by atoms with Crippen molar-refractivity contribution < 1.29 is 23.8 Å². The molecule has 0 aromatic heterocycles. The first-order chi connectivity index (χ1) is 15.0. The highest BCUT2D eigenvalue weighted by atomic mass is 16.5. The second-order valence-electron chi connectivity index (χ2n) is 8.48. The molecule has 1 aromatic rings. The van der Waals surface area contributed by atoms with E-state index in [1.54, 1.807) is 24.3 Å². The Kier molecular flexibility index (Phi) is 8.69. The van der Waals surface area contributed by atoms with Crippen LogP contribution in [0.15, 0.2) is 24.3 Å². The first-order valence-corrected chi connectivity index (χ1v) is 11.1. The Morgan fingerprint density at radius 1 is 1.16 bits per heavy atom. The maximum absolute atomic E-state index is 13.1. The number of carbonyl (C=O) groups excluding carboxylic acids is 2. The molecule has 0 bridgehead atoms. The quantitative estimate of drug-likeness (QED) is 0.610. The second kappa shape index (κ2) is 11.5. The minimum absolute atomic E-state index is 0.0599. The van der Waals surface area contributed by atoms with E-state index in [1.807, 2.05) is 13.8 Å². The summed E-state index contributed by atoms with van der Waals surface area (Å²) in [7, 11) is 1.53. The van der Waals surface area contributed by atoms with Gasteiger partial charge in [0, 0.05) is 38.2 Å². The molecule has 0 radical (unpaired) electrons. The number of hydrogen-bond acceptors (Lipinski definition) is 6. The minimum Gasteiger partial charge on any atom is -0.496 e. The van der Waals surface area contributed by atoms with Crippen LogP contribution < -0.4 is 15.4 Å². The Hall–Kier alpha value is -2.16. The van der Waals surface area contributed by atoms with Gasteiger partial charge in [-0.3, -0.25) is 14.5 Å². The number of benzene rings is 1. The van der Waals surface area contributed by atoms with Gasteiger partial charge in [0.15, 0.2) is 0 Å². The first kappa shape index (κ1) is 23.5. The molecular weight excluding hydrogens is 398 g/mol. The second-order valence-corrected chi connectivity index (χ2v) is 8.48. The third-order valence-electron chi connectivity index (χ3n) is 6.10. The smallest absolute Gasteiger partial charge is 0.255 e. The van der Waals surface area contributed by atoms with Gasteiger partial charge < -0.3 is 24.8 Å². The van der Waals surface area contributed by atoms with Crippen molar-refractivity contribution in [2.45, 2.75) is 32.4 Å². The van der Waals surface area contributed by atoms with Crippen molar-refractivity contribution >= 4 is 11.8 Å². The Morgan fingerprint density at radius 2 is 1.90 bits per heavy atom. The van der Waals surface area contributed by atoms with Crippen LogP contribution in [0.3, 0.4) is 0 Å². The van der Waals surface area contributed by atoms with Crippen LogP contribution in [-0.2, 0) is 14.3 Å². The van der Waals surface area contributed by atoms with Crippen LogP contribution in [0.1, 0.15) is 30.6 Å². The number of carbonyl (C=O) groups is 2. The van der Waals surface area contributed by atoms with Crippen LogP contribution >= 0.6 is 0 Å². The van der Waals surface area contributed by atoms with Gasteiger partial charge in [0.1, 0.15) is 11.8 Å². The van der Waals surface area contributed by atoms with E-state index >= 15 is 0 Å². The van der Waals surface area contributed by atoms with Gasteiger partial charge in [-0.1, -0.05) is 26.0 Å². The standard InChI is InChI=1S/C23H35N3O5/c1-16(2)21(25-22(27)18-6-4-5-7-20(18)29-3)23(28)24-14-19(17-8-11-31-15-17)26-9-12-30-13-10-26/h4-7,16-17,19,21H,8-15H2,1-3H3,(H,24,28)(H,25,27). The van der Waals surface area contributed by atoms with E-state index in [-0.39, 0.29) is 23.8 Å². The number of nitrogens with one attached hydrogen (secondary N) is 2. The van der Waals surface area contributed by atoms with Gasteiger partial charge in [-0.25, -0.2) is 0 Å². The first-order valence-electron chi connectivity index (χ1n) is 11.1. The van der Waals surface area contributed by atoms with Crippen LogP contribution in [0.25, 0.3) is 0 Å². The van der Waals surface area contributed by atoms with E-state index in [0.29, 0.717) is 37.0 Å². The molecule has 0 saturated carbocycles. The summed E-state index contributed by atoms with van der Waals surface area (Å²) in [5, 5.41) is 5.99. The fourth-order valence-electron chi connectivity index (χ4n) is 4.26. The number of para-hydroxylation sites is 1. The SMILES string of the molecule is COc1ccccc1C(=O)NC(C(=O)NCC(C1CCOC1)N1CCOCC1)C(C)C. The molecule has 0 aliphatic carbocycles.